The number of ether oxygens (including phenoxy) is 2. The Balaban J connectivity index is 2.16. The predicted octanol–water partition coefficient (Wildman–Crippen LogP) is 1.90. The molecule has 2 rings (SSSR count). The van der Waals surface area contributed by atoms with Crippen molar-refractivity contribution in [3.63, 3.8) is 0 Å². The van der Waals surface area contributed by atoms with E-state index < -0.39 is 11.9 Å². The van der Waals surface area contributed by atoms with E-state index >= 15 is 0 Å². The molecule has 2 atom stereocenters. The molecule has 88 valence electrons. The molecule has 1 aliphatic rings. The lowest BCUT2D eigenvalue weighted by molar-refractivity contribution is 0.0915. The number of methoxy groups -OCH3 is 1. The first-order chi connectivity index (χ1) is 7.72. The Morgan fingerprint density at radius 1 is 1.56 bits per heavy atom. The van der Waals surface area contributed by atoms with Crippen molar-refractivity contribution < 1.29 is 19.0 Å². The predicted molar refractivity (Wildman–Crippen MR) is 56.8 cm³/mol. The maximum absolute atomic E-state index is 13.4. The smallest absolute Gasteiger partial charge is 0.165 e. The molecule has 1 aromatic rings. The van der Waals surface area contributed by atoms with Gasteiger partial charge in [0, 0.05) is 12.5 Å². The Kier molecular flexibility index (Phi) is 3.41. The highest BCUT2D eigenvalue weighted by molar-refractivity contribution is 5.30. The molecule has 2 unspecified atom stereocenters. The fourth-order valence-corrected chi connectivity index (χ4v) is 1.94. The third-order valence-electron chi connectivity index (χ3n) is 2.93. The van der Waals surface area contributed by atoms with Gasteiger partial charge in [0.1, 0.15) is 0 Å². The number of rotatable bonds is 3. The van der Waals surface area contributed by atoms with Crippen molar-refractivity contribution in [3.05, 3.63) is 29.6 Å². The van der Waals surface area contributed by atoms with Crippen LogP contribution in [0.2, 0.25) is 0 Å². The fourth-order valence-electron chi connectivity index (χ4n) is 1.94. The molecule has 0 spiro atoms. The van der Waals surface area contributed by atoms with Gasteiger partial charge in [0.15, 0.2) is 11.6 Å². The van der Waals surface area contributed by atoms with Gasteiger partial charge >= 0.3 is 0 Å². The van der Waals surface area contributed by atoms with Crippen LogP contribution in [0.5, 0.6) is 5.75 Å². The van der Waals surface area contributed by atoms with Gasteiger partial charge in [-0.15, -0.1) is 0 Å². The summed E-state index contributed by atoms with van der Waals surface area (Å²) < 4.78 is 23.5. The molecule has 0 aliphatic carbocycles. The highest BCUT2D eigenvalue weighted by Gasteiger charge is 2.25. The minimum Gasteiger partial charge on any atom is -0.494 e. The first-order valence-corrected chi connectivity index (χ1v) is 5.31. The van der Waals surface area contributed by atoms with E-state index in [4.69, 9.17) is 9.47 Å². The number of aliphatic hydroxyl groups is 1. The van der Waals surface area contributed by atoms with E-state index in [1.807, 2.05) is 0 Å². The average Bonchev–Trinajstić information content (AvgIpc) is 2.81. The first kappa shape index (κ1) is 11.4. The van der Waals surface area contributed by atoms with Gasteiger partial charge in [0.2, 0.25) is 0 Å². The Morgan fingerprint density at radius 2 is 2.38 bits per heavy atom. The van der Waals surface area contributed by atoms with Crippen LogP contribution in [0.3, 0.4) is 0 Å². The Labute approximate surface area is 93.8 Å². The summed E-state index contributed by atoms with van der Waals surface area (Å²) >= 11 is 0. The van der Waals surface area contributed by atoms with Gasteiger partial charge in [-0.25, -0.2) is 4.39 Å². The van der Waals surface area contributed by atoms with Crippen LogP contribution in [0.4, 0.5) is 4.39 Å². The zero-order chi connectivity index (χ0) is 11.5. The third-order valence-corrected chi connectivity index (χ3v) is 2.93. The monoisotopic (exact) mass is 226 g/mol. The van der Waals surface area contributed by atoms with Crippen LogP contribution < -0.4 is 4.74 Å². The zero-order valence-corrected chi connectivity index (χ0v) is 9.15. The molecule has 1 N–H and O–H groups in total. The lowest BCUT2D eigenvalue weighted by atomic mass is 9.95. The second-order valence-corrected chi connectivity index (χ2v) is 3.96. The van der Waals surface area contributed by atoms with Crippen LogP contribution in [-0.4, -0.2) is 25.4 Å². The minimum absolute atomic E-state index is 0.0628. The van der Waals surface area contributed by atoms with E-state index in [0.717, 1.165) is 6.42 Å². The van der Waals surface area contributed by atoms with Gasteiger partial charge in [-0.1, -0.05) is 6.07 Å². The van der Waals surface area contributed by atoms with Gasteiger partial charge in [0.05, 0.1) is 19.8 Å². The standard InChI is InChI=1S/C12H15FO3/c1-15-11-3-2-8(6-10(11)13)12(14)9-4-5-16-7-9/h2-3,6,9,12,14H,4-5,7H2,1H3. The fraction of sp³-hybridized carbons (Fsp3) is 0.500. The average molecular weight is 226 g/mol. The van der Waals surface area contributed by atoms with Gasteiger partial charge in [-0.3, -0.25) is 0 Å². The summed E-state index contributed by atoms with van der Waals surface area (Å²) in [7, 11) is 1.42. The van der Waals surface area contributed by atoms with Crippen molar-refractivity contribution in [1.82, 2.24) is 0 Å². The number of benzene rings is 1. The molecular weight excluding hydrogens is 211 g/mol. The highest BCUT2D eigenvalue weighted by Crippen LogP contribution is 2.30. The molecular formula is C12H15FO3. The molecule has 1 aromatic carbocycles. The number of hydrogen-bond acceptors (Lipinski definition) is 3. The largest absolute Gasteiger partial charge is 0.494 e. The van der Waals surface area contributed by atoms with Crippen LogP contribution in [0.15, 0.2) is 18.2 Å². The van der Waals surface area contributed by atoms with Crippen LogP contribution in [-0.2, 0) is 4.74 Å². The van der Waals surface area contributed by atoms with Gasteiger partial charge in [-0.05, 0) is 24.1 Å². The van der Waals surface area contributed by atoms with Crippen LogP contribution in [0.1, 0.15) is 18.1 Å². The van der Waals surface area contributed by atoms with E-state index in [2.05, 4.69) is 0 Å². The molecule has 1 heterocycles. The summed E-state index contributed by atoms with van der Waals surface area (Å²) in [6.07, 6.45) is 0.150. The van der Waals surface area contributed by atoms with E-state index in [1.165, 1.54) is 19.2 Å². The summed E-state index contributed by atoms with van der Waals surface area (Å²) in [5, 5.41) is 10.0. The van der Waals surface area contributed by atoms with Gasteiger partial charge in [0.25, 0.3) is 0 Å². The third kappa shape index (κ3) is 2.18. The van der Waals surface area contributed by atoms with Gasteiger partial charge < -0.3 is 14.6 Å². The molecule has 0 amide bonds. The van der Waals surface area contributed by atoms with Crippen molar-refractivity contribution in [3.8, 4) is 5.75 Å². The first-order valence-electron chi connectivity index (χ1n) is 5.31. The quantitative estimate of drug-likeness (QED) is 0.855. The molecule has 0 bridgehead atoms. The van der Waals surface area contributed by atoms with Crippen molar-refractivity contribution in [2.75, 3.05) is 20.3 Å². The maximum Gasteiger partial charge on any atom is 0.165 e. The second-order valence-electron chi connectivity index (χ2n) is 3.96. The number of halogens is 1. The molecule has 0 saturated carbocycles. The van der Waals surface area contributed by atoms with Crippen molar-refractivity contribution in [2.45, 2.75) is 12.5 Å². The molecule has 1 saturated heterocycles. The molecule has 0 aromatic heterocycles. The summed E-state index contributed by atoms with van der Waals surface area (Å²) in [6.45, 7) is 1.20. The van der Waals surface area contributed by atoms with Crippen molar-refractivity contribution in [2.24, 2.45) is 5.92 Å². The lowest BCUT2D eigenvalue weighted by Gasteiger charge is -2.17. The van der Waals surface area contributed by atoms with Crippen LogP contribution >= 0.6 is 0 Å². The molecule has 1 fully saturated rings. The van der Waals surface area contributed by atoms with Crippen LogP contribution in [0.25, 0.3) is 0 Å². The summed E-state index contributed by atoms with van der Waals surface area (Å²) in [6, 6.07) is 4.54. The summed E-state index contributed by atoms with van der Waals surface area (Å²) in [5.41, 5.74) is 0.578. The SMILES string of the molecule is COc1ccc(C(O)C2CCOC2)cc1F. The lowest BCUT2D eigenvalue weighted by Crippen LogP contribution is -2.12. The summed E-state index contributed by atoms with van der Waals surface area (Å²) in [5.74, 6) is -0.190. The number of hydrogen-bond donors (Lipinski definition) is 1. The normalized spacial score (nSPS) is 22.1. The Bertz CT molecular complexity index is 361. The van der Waals surface area contributed by atoms with E-state index in [-0.39, 0.29) is 11.7 Å². The maximum atomic E-state index is 13.4. The Hall–Kier alpha value is -1.13. The molecule has 0 radical (unpaired) electrons. The zero-order valence-electron chi connectivity index (χ0n) is 9.15. The molecule has 16 heavy (non-hydrogen) atoms. The molecule has 4 heteroatoms. The van der Waals surface area contributed by atoms with E-state index in [0.29, 0.717) is 18.8 Å². The van der Waals surface area contributed by atoms with E-state index in [1.54, 1.807) is 6.07 Å². The van der Waals surface area contributed by atoms with Crippen molar-refractivity contribution in [1.29, 1.82) is 0 Å². The molecule has 1 aliphatic heterocycles. The van der Waals surface area contributed by atoms with E-state index in [9.17, 15) is 9.50 Å². The van der Waals surface area contributed by atoms with Crippen molar-refractivity contribution >= 4 is 0 Å². The summed E-state index contributed by atoms with van der Waals surface area (Å²) in [4.78, 5) is 0. The van der Waals surface area contributed by atoms with Crippen LogP contribution in [0, 0.1) is 11.7 Å². The van der Waals surface area contributed by atoms with Gasteiger partial charge in [-0.2, -0.15) is 0 Å². The highest BCUT2D eigenvalue weighted by atomic mass is 19.1. The minimum atomic E-state index is -0.664. The number of aliphatic hydroxyl groups excluding tert-OH is 1. The topological polar surface area (TPSA) is 38.7 Å². The molecule has 3 nitrogen and oxygen atoms in total. The Morgan fingerprint density at radius 3 is 2.94 bits per heavy atom. The second kappa shape index (κ2) is 4.80.